The molecule has 0 saturated carbocycles. The van der Waals surface area contributed by atoms with E-state index in [1.807, 2.05) is 0 Å². The lowest BCUT2D eigenvalue weighted by atomic mass is 10.1. The number of amides is 1. The number of halogens is 6. The summed E-state index contributed by atoms with van der Waals surface area (Å²) < 4.78 is 119. The fourth-order valence-corrected chi connectivity index (χ4v) is 6.89. The summed E-state index contributed by atoms with van der Waals surface area (Å²) in [5.41, 5.74) is 0.115. The van der Waals surface area contributed by atoms with E-state index in [4.69, 9.17) is 11.6 Å². The predicted octanol–water partition coefficient (Wildman–Crippen LogP) is 5.02. The lowest BCUT2D eigenvalue weighted by Gasteiger charge is -2.16. The quantitative estimate of drug-likeness (QED) is 0.422. The fourth-order valence-electron chi connectivity index (χ4n) is 3.19. The summed E-state index contributed by atoms with van der Waals surface area (Å²) in [7, 11) is -9.70. The van der Waals surface area contributed by atoms with Gasteiger partial charge in [0.2, 0.25) is 19.7 Å². The maximum atomic E-state index is 14.3. The highest BCUT2D eigenvalue weighted by molar-refractivity contribution is 7.94. The monoisotopic (exact) mass is 567 g/mol. The van der Waals surface area contributed by atoms with Crippen LogP contribution in [0, 0.1) is 11.6 Å². The van der Waals surface area contributed by atoms with E-state index in [1.165, 1.54) is 6.92 Å². The van der Waals surface area contributed by atoms with Crippen LogP contribution in [0.2, 0.25) is 5.02 Å². The van der Waals surface area contributed by atoms with Gasteiger partial charge in [-0.2, -0.15) is 13.2 Å². The van der Waals surface area contributed by atoms with Gasteiger partial charge in [-0.15, -0.1) is 0 Å². The maximum Gasteiger partial charge on any atom is 0.471 e. The number of alkyl halides is 3. The lowest BCUT2D eigenvalue weighted by molar-refractivity contribution is -0.174. The highest BCUT2D eigenvalue weighted by atomic mass is 35.5. The molecule has 36 heavy (non-hydrogen) atoms. The molecular weight excluding hydrogens is 553 g/mol. The highest BCUT2D eigenvalue weighted by Gasteiger charge is 2.39. The van der Waals surface area contributed by atoms with Crippen LogP contribution in [0.15, 0.2) is 80.2 Å². The third-order valence-corrected chi connectivity index (χ3v) is 9.00. The van der Waals surface area contributed by atoms with Crippen LogP contribution in [0.1, 0.15) is 18.5 Å². The zero-order valence-corrected chi connectivity index (χ0v) is 20.4. The second-order valence-corrected chi connectivity index (χ2v) is 11.6. The molecule has 192 valence electrons. The third kappa shape index (κ3) is 5.37. The largest absolute Gasteiger partial charge is 0.471 e. The van der Waals surface area contributed by atoms with Crippen LogP contribution in [0.5, 0.6) is 0 Å². The Bertz CT molecular complexity index is 1520. The minimum Gasteiger partial charge on any atom is -0.342 e. The molecular formula is C22H15ClF5NO5S2. The molecule has 14 heteroatoms. The van der Waals surface area contributed by atoms with Crippen molar-refractivity contribution < 1.29 is 43.6 Å². The summed E-state index contributed by atoms with van der Waals surface area (Å²) >= 11 is 5.85. The van der Waals surface area contributed by atoms with Crippen molar-refractivity contribution in [3.05, 3.63) is 82.9 Å². The Morgan fingerprint density at radius 2 is 1.42 bits per heavy atom. The van der Waals surface area contributed by atoms with Crippen LogP contribution in [0.4, 0.5) is 22.0 Å². The molecule has 3 aromatic carbocycles. The van der Waals surface area contributed by atoms with Crippen molar-refractivity contribution in [1.29, 1.82) is 0 Å². The normalized spacial score (nSPS) is 13.3. The molecule has 3 rings (SSSR count). The van der Waals surface area contributed by atoms with E-state index in [9.17, 15) is 43.6 Å². The van der Waals surface area contributed by atoms with Gasteiger partial charge in [0.25, 0.3) is 0 Å². The van der Waals surface area contributed by atoms with Gasteiger partial charge in [-0.1, -0.05) is 29.8 Å². The van der Waals surface area contributed by atoms with Gasteiger partial charge in [0.05, 0.1) is 20.7 Å². The second-order valence-electron chi connectivity index (χ2n) is 7.41. The summed E-state index contributed by atoms with van der Waals surface area (Å²) in [6, 6.07) is 8.01. The third-order valence-electron chi connectivity index (χ3n) is 4.97. The average Bonchev–Trinajstić information content (AvgIpc) is 2.78. The summed E-state index contributed by atoms with van der Waals surface area (Å²) in [6.45, 7) is 1.24. The van der Waals surface area contributed by atoms with Crippen LogP contribution in [-0.4, -0.2) is 28.9 Å². The zero-order valence-electron chi connectivity index (χ0n) is 18.0. The Morgan fingerprint density at radius 3 is 1.94 bits per heavy atom. The van der Waals surface area contributed by atoms with Gasteiger partial charge in [-0.25, -0.2) is 25.6 Å². The fraction of sp³-hybridized carbons (Fsp3) is 0.136. The Morgan fingerprint density at radius 1 is 0.861 bits per heavy atom. The van der Waals surface area contributed by atoms with Crippen molar-refractivity contribution in [1.82, 2.24) is 5.32 Å². The molecule has 0 bridgehead atoms. The first-order valence-electron chi connectivity index (χ1n) is 9.78. The van der Waals surface area contributed by atoms with Crippen LogP contribution in [0.25, 0.3) is 0 Å². The molecule has 0 radical (unpaired) electrons. The molecule has 1 atom stereocenters. The van der Waals surface area contributed by atoms with Gasteiger partial charge in [0, 0.05) is 5.02 Å². The zero-order chi connectivity index (χ0) is 27.1. The maximum absolute atomic E-state index is 14.3. The molecule has 0 spiro atoms. The molecule has 3 aromatic rings. The molecule has 1 unspecified atom stereocenters. The predicted molar refractivity (Wildman–Crippen MR) is 118 cm³/mol. The SMILES string of the molecule is CC(NC(=O)C(F)(F)F)c1ccc(S(=O)(=O)c2ccc(Cl)cc2S(=O)(=O)c2c(F)cccc2F)cc1. The van der Waals surface area contributed by atoms with Crippen LogP contribution in [-0.2, 0) is 24.5 Å². The summed E-state index contributed by atoms with van der Waals surface area (Å²) in [6.07, 6.45) is -5.12. The van der Waals surface area contributed by atoms with E-state index < -0.39 is 69.0 Å². The van der Waals surface area contributed by atoms with E-state index in [1.54, 1.807) is 5.32 Å². The number of hydrogen-bond donors (Lipinski definition) is 1. The first-order valence-corrected chi connectivity index (χ1v) is 13.1. The number of benzene rings is 3. The van der Waals surface area contributed by atoms with Gasteiger partial charge in [0.1, 0.15) is 16.5 Å². The lowest BCUT2D eigenvalue weighted by Crippen LogP contribution is -2.38. The van der Waals surface area contributed by atoms with Gasteiger partial charge in [0.15, 0.2) is 0 Å². The number of hydrogen-bond acceptors (Lipinski definition) is 5. The van der Waals surface area contributed by atoms with Crippen molar-refractivity contribution in [3.63, 3.8) is 0 Å². The van der Waals surface area contributed by atoms with Crippen molar-refractivity contribution in [3.8, 4) is 0 Å². The molecule has 0 fully saturated rings. The molecule has 0 aliphatic rings. The van der Waals surface area contributed by atoms with E-state index in [0.29, 0.717) is 12.1 Å². The van der Waals surface area contributed by atoms with Crippen LogP contribution in [0.3, 0.4) is 0 Å². The number of carbonyl (C=O) groups is 1. The van der Waals surface area contributed by atoms with Crippen molar-refractivity contribution in [2.75, 3.05) is 0 Å². The van der Waals surface area contributed by atoms with Crippen LogP contribution < -0.4 is 5.32 Å². The highest BCUT2D eigenvalue weighted by Crippen LogP contribution is 2.35. The second kappa shape index (κ2) is 9.79. The number of rotatable bonds is 6. The Hall–Kier alpha value is -3.03. The smallest absolute Gasteiger partial charge is 0.342 e. The summed E-state index contributed by atoms with van der Waals surface area (Å²) in [5, 5.41) is 1.48. The molecule has 6 nitrogen and oxygen atoms in total. The van der Waals surface area contributed by atoms with Gasteiger partial charge in [-0.05, 0) is 55.0 Å². The standard InChI is InChI=1S/C22H15ClF5NO5S2/c1-12(29-21(30)22(26,27)28)13-5-8-15(9-6-13)35(31,32)18-10-7-14(23)11-19(18)36(33,34)20-16(24)3-2-4-17(20)25/h2-12H,1H3,(H,29,30). The van der Waals surface area contributed by atoms with E-state index in [0.717, 1.165) is 48.5 Å². The first kappa shape index (κ1) is 27.6. The molecule has 1 N–H and O–H groups in total. The number of sulfone groups is 2. The molecule has 0 aliphatic carbocycles. The van der Waals surface area contributed by atoms with E-state index >= 15 is 0 Å². The van der Waals surface area contributed by atoms with Crippen molar-refractivity contribution in [2.24, 2.45) is 0 Å². The molecule has 0 aromatic heterocycles. The molecule has 0 saturated heterocycles. The molecule has 1 amide bonds. The Kier molecular flexibility index (Phi) is 7.49. The Balaban J connectivity index is 2.07. The number of carbonyl (C=O) groups excluding carboxylic acids is 1. The minimum atomic E-state index is -5.12. The average molecular weight is 568 g/mol. The molecule has 0 aliphatic heterocycles. The van der Waals surface area contributed by atoms with Gasteiger partial charge >= 0.3 is 12.1 Å². The van der Waals surface area contributed by atoms with Crippen molar-refractivity contribution in [2.45, 2.75) is 38.7 Å². The summed E-state index contributed by atoms with van der Waals surface area (Å²) in [4.78, 5) is 7.47. The van der Waals surface area contributed by atoms with Crippen molar-refractivity contribution >= 4 is 37.2 Å². The Labute approximate surface area is 207 Å². The topological polar surface area (TPSA) is 97.4 Å². The number of nitrogens with one attached hydrogen (secondary N) is 1. The minimum absolute atomic E-state index is 0.115. The van der Waals surface area contributed by atoms with Gasteiger partial charge < -0.3 is 5.32 Å². The van der Waals surface area contributed by atoms with Gasteiger partial charge in [-0.3, -0.25) is 4.79 Å². The molecule has 0 heterocycles. The van der Waals surface area contributed by atoms with E-state index in [-0.39, 0.29) is 10.6 Å². The summed E-state index contributed by atoms with van der Waals surface area (Å²) in [5.74, 6) is -5.08. The first-order chi connectivity index (χ1) is 16.6. The van der Waals surface area contributed by atoms with E-state index in [2.05, 4.69) is 0 Å². The van der Waals surface area contributed by atoms with Crippen LogP contribution >= 0.6 is 11.6 Å².